The smallest absolute Gasteiger partial charge is 0.273 e. The summed E-state index contributed by atoms with van der Waals surface area (Å²) in [5.74, 6) is -0.826. The van der Waals surface area contributed by atoms with Crippen molar-refractivity contribution in [2.45, 2.75) is 39.6 Å². The Kier molecular flexibility index (Phi) is 7.93. The van der Waals surface area contributed by atoms with Crippen LogP contribution in [0.2, 0.25) is 0 Å². The van der Waals surface area contributed by atoms with Crippen LogP contribution in [0.25, 0.3) is 10.9 Å². The van der Waals surface area contributed by atoms with Gasteiger partial charge in [-0.15, -0.1) is 0 Å². The lowest BCUT2D eigenvalue weighted by atomic mass is 9.86. The highest BCUT2D eigenvalue weighted by Crippen LogP contribution is 2.23. The number of nitrogens with two attached hydrogens (primary N) is 1. The average molecular weight is 528 g/mol. The van der Waals surface area contributed by atoms with E-state index < -0.39 is 29.5 Å². The van der Waals surface area contributed by atoms with Crippen molar-refractivity contribution in [3.63, 3.8) is 0 Å². The second-order valence-corrected chi connectivity index (χ2v) is 10.0. The van der Waals surface area contributed by atoms with Crippen LogP contribution in [0.1, 0.15) is 42.4 Å². The average Bonchev–Trinajstić information content (AvgIpc) is 3.28. The Balaban J connectivity index is 1.52. The Morgan fingerprint density at radius 3 is 2.59 bits per heavy atom. The maximum Gasteiger partial charge on any atom is 0.273 e. The third-order valence-corrected chi connectivity index (χ3v) is 6.01. The van der Waals surface area contributed by atoms with E-state index in [0.29, 0.717) is 17.5 Å². The lowest BCUT2D eigenvalue weighted by molar-refractivity contribution is -0.125. The molecule has 2 heterocycles. The van der Waals surface area contributed by atoms with Gasteiger partial charge in [-0.25, -0.2) is 4.99 Å². The number of rotatable bonds is 8. The van der Waals surface area contributed by atoms with Gasteiger partial charge >= 0.3 is 0 Å². The Labute approximate surface area is 225 Å². The number of hydrogen-bond acceptors (Lipinski definition) is 8. The number of carbonyl (C=O) groups excluding carboxylic acids is 2. The van der Waals surface area contributed by atoms with Crippen molar-refractivity contribution in [3.8, 4) is 6.07 Å². The lowest BCUT2D eigenvalue weighted by Crippen LogP contribution is -2.54. The molecule has 0 bridgehead atoms. The molecule has 1 aliphatic rings. The minimum atomic E-state index is -1.40. The van der Waals surface area contributed by atoms with Gasteiger partial charge in [-0.05, 0) is 29.2 Å². The summed E-state index contributed by atoms with van der Waals surface area (Å²) in [7, 11) is 0. The molecule has 2 aromatic carbocycles. The molecular formula is C28H29N7O4. The lowest BCUT2D eigenvalue weighted by Gasteiger charge is -2.30. The van der Waals surface area contributed by atoms with Crippen LogP contribution in [-0.2, 0) is 16.1 Å². The van der Waals surface area contributed by atoms with E-state index in [1.807, 2.05) is 57.2 Å². The zero-order valence-corrected chi connectivity index (χ0v) is 21.8. The van der Waals surface area contributed by atoms with Crippen LogP contribution < -0.4 is 16.4 Å². The molecule has 11 nitrogen and oxygen atoms in total. The van der Waals surface area contributed by atoms with E-state index in [4.69, 9.17) is 15.7 Å². The Morgan fingerprint density at radius 1 is 1.21 bits per heavy atom. The number of hydrogen-bond donors (Lipinski definition) is 4. The molecular weight excluding hydrogens is 498 g/mol. The highest BCUT2D eigenvalue weighted by Gasteiger charge is 2.34. The summed E-state index contributed by atoms with van der Waals surface area (Å²) in [5.41, 5.74) is 9.91. The number of fused-ring (bicyclic) bond motifs is 1. The maximum absolute atomic E-state index is 13.5. The zero-order valence-electron chi connectivity index (χ0n) is 21.8. The van der Waals surface area contributed by atoms with Gasteiger partial charge in [0.2, 0.25) is 11.8 Å². The van der Waals surface area contributed by atoms with Crippen LogP contribution in [-0.4, -0.2) is 51.4 Å². The number of aliphatic hydroxyl groups excluding tert-OH is 1. The van der Waals surface area contributed by atoms with E-state index in [1.54, 1.807) is 16.8 Å². The van der Waals surface area contributed by atoms with E-state index in [1.165, 1.54) is 6.20 Å². The second kappa shape index (κ2) is 11.3. The van der Waals surface area contributed by atoms with Gasteiger partial charge in [-0.1, -0.05) is 56.8 Å². The molecule has 39 heavy (non-hydrogen) atoms. The number of benzene rings is 2. The van der Waals surface area contributed by atoms with Crippen molar-refractivity contribution in [1.82, 2.24) is 20.4 Å². The summed E-state index contributed by atoms with van der Waals surface area (Å²) in [6.07, 6.45) is -0.110. The zero-order chi connectivity index (χ0) is 28.2. The van der Waals surface area contributed by atoms with Crippen LogP contribution in [0.5, 0.6) is 0 Å². The molecule has 11 heteroatoms. The van der Waals surface area contributed by atoms with Gasteiger partial charge in [-0.2, -0.15) is 10.4 Å². The number of nitrogens with zero attached hydrogens (tertiary/aromatic N) is 4. The molecule has 5 N–H and O–H groups in total. The quantitative estimate of drug-likeness (QED) is 0.256. The SMILES string of the molecule is CC(C)(C)C(NC(=O)c1nn(Cc2ccc(C#N)cc2)c2ccccc12)C(=O)NCC1=C=CN=C(C(N)O)O1. The first kappa shape index (κ1) is 27.3. The number of nitrogens with one attached hydrogen (secondary N) is 2. The number of para-hydroxylation sites is 1. The van der Waals surface area contributed by atoms with Crippen LogP contribution >= 0.6 is 0 Å². The van der Waals surface area contributed by atoms with Crippen LogP contribution in [0.4, 0.5) is 0 Å². The summed E-state index contributed by atoms with van der Waals surface area (Å²) in [6.45, 7) is 5.86. The first-order valence-electron chi connectivity index (χ1n) is 12.2. The van der Waals surface area contributed by atoms with E-state index >= 15 is 0 Å². The van der Waals surface area contributed by atoms with Gasteiger partial charge in [-0.3, -0.25) is 20.0 Å². The molecule has 2 atom stereocenters. The van der Waals surface area contributed by atoms with Gasteiger partial charge in [0.1, 0.15) is 6.04 Å². The largest absolute Gasteiger partial charge is 0.433 e. The van der Waals surface area contributed by atoms with Crippen LogP contribution in [0.3, 0.4) is 0 Å². The predicted octanol–water partition coefficient (Wildman–Crippen LogP) is 1.92. The summed E-state index contributed by atoms with van der Waals surface area (Å²) in [4.78, 5) is 30.5. The third-order valence-electron chi connectivity index (χ3n) is 6.01. The maximum atomic E-state index is 13.5. The molecule has 0 radical (unpaired) electrons. The number of amides is 2. The van der Waals surface area contributed by atoms with Crippen molar-refractivity contribution < 1.29 is 19.4 Å². The van der Waals surface area contributed by atoms with Crippen molar-refractivity contribution >= 4 is 28.6 Å². The molecule has 200 valence electrons. The van der Waals surface area contributed by atoms with Gasteiger partial charge in [0.25, 0.3) is 5.91 Å². The van der Waals surface area contributed by atoms with Gasteiger partial charge in [0.15, 0.2) is 17.7 Å². The number of aliphatic imine (C=N–C) groups is 1. The van der Waals surface area contributed by atoms with Crippen LogP contribution in [0.15, 0.2) is 71.2 Å². The molecule has 0 saturated heterocycles. The summed E-state index contributed by atoms with van der Waals surface area (Å²) < 4.78 is 7.07. The Morgan fingerprint density at radius 2 is 1.92 bits per heavy atom. The fourth-order valence-corrected chi connectivity index (χ4v) is 3.99. The monoisotopic (exact) mass is 527 g/mol. The molecule has 0 fully saturated rings. The molecule has 2 unspecified atom stereocenters. The van der Waals surface area contributed by atoms with E-state index in [2.05, 4.69) is 32.5 Å². The number of aromatic nitrogens is 2. The Hall–Kier alpha value is -4.75. The number of carbonyl (C=O) groups is 2. The fraction of sp³-hybridized carbons (Fsp3) is 0.286. The van der Waals surface area contributed by atoms with Gasteiger partial charge in [0, 0.05) is 5.39 Å². The Bertz CT molecular complexity index is 1530. The molecule has 0 saturated carbocycles. The predicted molar refractivity (Wildman–Crippen MR) is 144 cm³/mol. The van der Waals surface area contributed by atoms with Crippen LogP contribution in [0, 0.1) is 16.7 Å². The number of ether oxygens (including phenoxy) is 1. The molecule has 3 aromatic rings. The summed E-state index contributed by atoms with van der Waals surface area (Å²) in [5, 5.41) is 29.3. The standard InChI is InChI=1S/C28H29N7O4/c1-28(2,3)23(26(38)32-15-19-12-13-31-27(39-19)24(30)36)33-25(37)22-20-6-4-5-7-21(20)35(34-22)16-18-10-8-17(14-29)9-11-18/h4-11,13,23-24,36H,15-16,30H2,1-3H3,(H,32,38)(H,33,37). The first-order chi connectivity index (χ1) is 18.6. The highest BCUT2D eigenvalue weighted by atomic mass is 16.5. The molecule has 0 spiro atoms. The third kappa shape index (κ3) is 6.40. The fourth-order valence-electron chi connectivity index (χ4n) is 3.99. The van der Waals surface area contributed by atoms with Crippen molar-refractivity contribution in [2.24, 2.45) is 16.1 Å². The summed E-state index contributed by atoms with van der Waals surface area (Å²) >= 11 is 0. The minimum Gasteiger partial charge on any atom is -0.433 e. The summed E-state index contributed by atoms with van der Waals surface area (Å²) in [6, 6.07) is 15.7. The molecule has 4 rings (SSSR count). The highest BCUT2D eigenvalue weighted by molar-refractivity contribution is 6.06. The molecule has 1 aliphatic heterocycles. The van der Waals surface area contributed by atoms with Crippen molar-refractivity contribution in [1.29, 1.82) is 5.26 Å². The first-order valence-corrected chi connectivity index (χ1v) is 12.2. The molecule has 2 amide bonds. The molecule has 1 aromatic heterocycles. The van der Waals surface area contributed by atoms with Crippen molar-refractivity contribution in [3.05, 3.63) is 83.0 Å². The minimum absolute atomic E-state index is 0.0499. The topological polar surface area (TPSA) is 168 Å². The van der Waals surface area contributed by atoms with Gasteiger partial charge < -0.3 is 20.5 Å². The van der Waals surface area contributed by atoms with E-state index in [9.17, 15) is 14.7 Å². The van der Waals surface area contributed by atoms with E-state index in [-0.39, 0.29) is 23.9 Å². The number of aliphatic hydroxyl groups is 1. The molecule has 0 aliphatic carbocycles. The van der Waals surface area contributed by atoms with E-state index in [0.717, 1.165) is 11.1 Å². The second-order valence-electron chi connectivity index (χ2n) is 10.0. The number of nitriles is 1. The van der Waals surface area contributed by atoms with Crippen molar-refractivity contribution in [2.75, 3.05) is 6.54 Å². The normalized spacial score (nSPS) is 14.5. The van der Waals surface area contributed by atoms with Gasteiger partial charge in [0.05, 0.1) is 36.4 Å².